The van der Waals surface area contributed by atoms with Gasteiger partial charge in [-0.3, -0.25) is 13.9 Å². The number of hydrogen-bond acceptors (Lipinski definition) is 4. The maximum absolute atomic E-state index is 13.7. The van der Waals surface area contributed by atoms with Crippen molar-refractivity contribution in [2.45, 2.75) is 83.8 Å². The van der Waals surface area contributed by atoms with Gasteiger partial charge in [0.15, 0.2) is 0 Å². The molecule has 1 aliphatic carbocycles. The molecule has 2 amide bonds. The fourth-order valence-electron chi connectivity index (χ4n) is 5.13. The van der Waals surface area contributed by atoms with Crippen molar-refractivity contribution in [1.82, 2.24) is 10.2 Å². The molecule has 1 saturated carbocycles. The Morgan fingerprint density at radius 2 is 1.68 bits per heavy atom. The number of nitrogens with one attached hydrogen (secondary N) is 1. The Balaban J connectivity index is 1.81. The molecule has 0 aliphatic heterocycles. The Morgan fingerprint density at radius 3 is 2.30 bits per heavy atom. The molecule has 0 bridgehead atoms. The predicted molar refractivity (Wildman–Crippen MR) is 164 cm³/mol. The molecule has 3 rings (SSSR count). The molecule has 220 valence electrons. The number of nitrogens with zero attached hydrogens (tertiary/aromatic N) is 2. The van der Waals surface area contributed by atoms with Crippen LogP contribution < -0.4 is 9.62 Å². The van der Waals surface area contributed by atoms with Gasteiger partial charge in [-0.25, -0.2) is 8.42 Å². The van der Waals surface area contributed by atoms with E-state index >= 15 is 0 Å². The molecule has 0 heterocycles. The first-order valence-corrected chi connectivity index (χ1v) is 16.7. The predicted octanol–water partition coefficient (Wildman–Crippen LogP) is 6.76. The summed E-state index contributed by atoms with van der Waals surface area (Å²) in [6, 6.07) is 9.55. The zero-order valence-corrected chi connectivity index (χ0v) is 26.3. The van der Waals surface area contributed by atoms with Crippen LogP contribution in [0.25, 0.3) is 0 Å². The van der Waals surface area contributed by atoms with E-state index in [4.69, 9.17) is 34.8 Å². The first kappa shape index (κ1) is 32.5. The zero-order valence-electron chi connectivity index (χ0n) is 23.3. The molecule has 1 fully saturated rings. The van der Waals surface area contributed by atoms with E-state index in [9.17, 15) is 18.0 Å². The Labute approximate surface area is 253 Å². The minimum absolute atomic E-state index is 0.0457. The number of rotatable bonds is 12. The number of carbonyl (C=O) groups excluding carboxylic acids is 2. The van der Waals surface area contributed by atoms with Crippen molar-refractivity contribution in [2.24, 2.45) is 0 Å². The number of anilines is 1. The molecule has 40 heavy (non-hydrogen) atoms. The second kappa shape index (κ2) is 14.8. The van der Waals surface area contributed by atoms with Gasteiger partial charge in [-0.05, 0) is 68.0 Å². The highest BCUT2D eigenvalue weighted by Gasteiger charge is 2.31. The van der Waals surface area contributed by atoms with Gasteiger partial charge >= 0.3 is 0 Å². The van der Waals surface area contributed by atoms with Crippen molar-refractivity contribution in [3.63, 3.8) is 0 Å². The summed E-state index contributed by atoms with van der Waals surface area (Å²) in [5.41, 5.74) is 1.91. The Kier molecular flexibility index (Phi) is 12.0. The lowest BCUT2D eigenvalue weighted by molar-refractivity contribution is -0.141. The normalized spacial score (nSPS) is 14.9. The van der Waals surface area contributed by atoms with Crippen LogP contribution in [0, 0.1) is 6.92 Å². The summed E-state index contributed by atoms with van der Waals surface area (Å²) in [4.78, 5) is 28.7. The molecule has 2 aromatic carbocycles. The maximum atomic E-state index is 13.7. The summed E-state index contributed by atoms with van der Waals surface area (Å²) in [7, 11) is -3.63. The maximum Gasteiger partial charge on any atom is 0.243 e. The van der Waals surface area contributed by atoms with E-state index in [1.807, 2.05) is 13.8 Å². The van der Waals surface area contributed by atoms with Gasteiger partial charge in [0.25, 0.3) is 0 Å². The van der Waals surface area contributed by atoms with Crippen LogP contribution in [0.3, 0.4) is 0 Å². The summed E-state index contributed by atoms with van der Waals surface area (Å²) in [6.07, 6.45) is 7.05. The zero-order chi connectivity index (χ0) is 29.4. The molecule has 1 atom stereocenters. The number of halogens is 3. The monoisotopic (exact) mass is 629 g/mol. The third-order valence-electron chi connectivity index (χ3n) is 7.29. The van der Waals surface area contributed by atoms with Crippen LogP contribution in [0.1, 0.15) is 69.4 Å². The van der Waals surface area contributed by atoms with Gasteiger partial charge in [0.05, 0.1) is 11.9 Å². The van der Waals surface area contributed by atoms with Crippen molar-refractivity contribution in [3.8, 4) is 0 Å². The summed E-state index contributed by atoms with van der Waals surface area (Å²) in [5, 5.41) is 4.46. The molecule has 0 radical (unpaired) electrons. The molecule has 1 aliphatic rings. The molecule has 7 nitrogen and oxygen atoms in total. The van der Waals surface area contributed by atoms with E-state index in [2.05, 4.69) is 5.32 Å². The van der Waals surface area contributed by atoms with E-state index in [1.54, 1.807) is 41.3 Å². The van der Waals surface area contributed by atoms with Gasteiger partial charge in [-0.2, -0.15) is 0 Å². The number of aryl methyl sites for hydroxylation is 1. The van der Waals surface area contributed by atoms with Gasteiger partial charge in [0, 0.05) is 40.6 Å². The molecule has 0 spiro atoms. The van der Waals surface area contributed by atoms with E-state index in [1.165, 1.54) is 10.7 Å². The summed E-state index contributed by atoms with van der Waals surface area (Å²) in [5.74, 6) is -0.437. The summed E-state index contributed by atoms with van der Waals surface area (Å²) >= 11 is 18.7. The van der Waals surface area contributed by atoms with Crippen LogP contribution in [0.5, 0.6) is 0 Å². The lowest BCUT2D eigenvalue weighted by Gasteiger charge is -2.33. The van der Waals surface area contributed by atoms with E-state index in [0.29, 0.717) is 32.7 Å². The first-order valence-electron chi connectivity index (χ1n) is 13.7. The minimum atomic E-state index is -3.63. The highest BCUT2D eigenvalue weighted by atomic mass is 35.5. The van der Waals surface area contributed by atoms with Crippen LogP contribution >= 0.6 is 34.8 Å². The number of benzene rings is 2. The van der Waals surface area contributed by atoms with Crippen LogP contribution in [0.4, 0.5) is 5.69 Å². The van der Waals surface area contributed by atoms with E-state index < -0.39 is 16.1 Å². The van der Waals surface area contributed by atoms with Crippen LogP contribution in [0.2, 0.25) is 15.1 Å². The standard InChI is InChI=1S/C29H38Cl3N3O4S/c1-4-26(29(37)33-24-9-6-5-7-10-24)34(19-21-13-15-22(30)17-25(21)32)28(36)11-8-16-35(40(3,38)39)27-18-23(31)14-12-20(27)2/h12-15,17-18,24,26H,4-11,16,19H2,1-3H3,(H,33,37)/t26-/m1/s1. The van der Waals surface area contributed by atoms with Crippen molar-refractivity contribution in [1.29, 1.82) is 0 Å². The Hall–Kier alpha value is -2.00. The number of carbonyl (C=O) groups is 2. The van der Waals surface area contributed by atoms with Gasteiger partial charge < -0.3 is 10.2 Å². The largest absolute Gasteiger partial charge is 0.352 e. The molecular formula is C29H38Cl3N3O4S. The molecule has 1 N–H and O–H groups in total. The second-order valence-corrected chi connectivity index (χ2v) is 13.6. The fraction of sp³-hybridized carbons (Fsp3) is 0.517. The van der Waals surface area contributed by atoms with Gasteiger partial charge in [-0.15, -0.1) is 0 Å². The minimum Gasteiger partial charge on any atom is -0.352 e. The quantitative estimate of drug-likeness (QED) is 0.281. The third-order valence-corrected chi connectivity index (χ3v) is 9.29. The lowest BCUT2D eigenvalue weighted by Crippen LogP contribution is -2.51. The smallest absolute Gasteiger partial charge is 0.243 e. The van der Waals surface area contributed by atoms with Gasteiger partial charge in [-0.1, -0.05) is 73.1 Å². The topological polar surface area (TPSA) is 86.8 Å². The second-order valence-electron chi connectivity index (χ2n) is 10.4. The SMILES string of the molecule is CC[C@H](C(=O)NC1CCCCC1)N(Cc1ccc(Cl)cc1Cl)C(=O)CCCN(c1cc(Cl)ccc1C)S(C)(=O)=O. The fourth-order valence-corrected chi connectivity index (χ4v) is 6.78. The number of hydrogen-bond donors (Lipinski definition) is 1. The average molecular weight is 631 g/mol. The van der Waals surface area contributed by atoms with E-state index in [-0.39, 0.29) is 43.8 Å². The van der Waals surface area contributed by atoms with Crippen molar-refractivity contribution in [2.75, 3.05) is 17.1 Å². The first-order chi connectivity index (χ1) is 18.9. The molecule has 2 aromatic rings. The molecule has 0 unspecified atom stereocenters. The van der Waals surface area contributed by atoms with Crippen LogP contribution in [-0.2, 0) is 26.2 Å². The van der Waals surface area contributed by atoms with E-state index in [0.717, 1.165) is 37.5 Å². The van der Waals surface area contributed by atoms with Crippen molar-refractivity contribution >= 4 is 62.3 Å². The van der Waals surface area contributed by atoms with Gasteiger partial charge in [0.2, 0.25) is 21.8 Å². The summed E-state index contributed by atoms with van der Waals surface area (Å²) in [6.45, 7) is 3.91. The molecule has 0 saturated heterocycles. The summed E-state index contributed by atoms with van der Waals surface area (Å²) < 4.78 is 26.6. The highest BCUT2D eigenvalue weighted by Crippen LogP contribution is 2.28. The van der Waals surface area contributed by atoms with Crippen LogP contribution in [0.15, 0.2) is 36.4 Å². The lowest BCUT2D eigenvalue weighted by atomic mass is 9.95. The Morgan fingerprint density at radius 1 is 1.02 bits per heavy atom. The number of amides is 2. The third kappa shape index (κ3) is 9.00. The molecule has 0 aromatic heterocycles. The van der Waals surface area contributed by atoms with Crippen molar-refractivity contribution in [3.05, 3.63) is 62.6 Å². The van der Waals surface area contributed by atoms with Crippen LogP contribution in [-0.4, -0.2) is 50.0 Å². The molecule has 11 heteroatoms. The van der Waals surface area contributed by atoms with Crippen molar-refractivity contribution < 1.29 is 18.0 Å². The molecular weight excluding hydrogens is 593 g/mol. The van der Waals surface area contributed by atoms with Gasteiger partial charge in [0.1, 0.15) is 6.04 Å². The highest BCUT2D eigenvalue weighted by molar-refractivity contribution is 7.92. The number of sulfonamides is 1. The average Bonchev–Trinajstić information content (AvgIpc) is 2.89. The Bertz CT molecular complexity index is 1300.